The molecule has 0 aromatic heterocycles. The molecule has 0 radical (unpaired) electrons. The van der Waals surface area contributed by atoms with Gasteiger partial charge in [-0.05, 0) is 12.0 Å². The quantitative estimate of drug-likeness (QED) is 0.491. The van der Waals surface area contributed by atoms with Gasteiger partial charge in [-0.2, -0.15) is 0 Å². The van der Waals surface area contributed by atoms with Crippen molar-refractivity contribution < 1.29 is 9.53 Å². The van der Waals surface area contributed by atoms with Crippen molar-refractivity contribution in [2.45, 2.75) is 26.4 Å². The molecule has 0 aliphatic heterocycles. The van der Waals surface area contributed by atoms with E-state index in [1.54, 1.807) is 0 Å². The highest BCUT2D eigenvalue weighted by Gasteiger charge is 2.17. The molecule has 0 heterocycles. The molecule has 2 nitrogen and oxygen atoms in total. The van der Waals surface area contributed by atoms with Gasteiger partial charge in [0.1, 0.15) is 6.29 Å². The minimum absolute atomic E-state index is 0.0308. The molecule has 0 saturated heterocycles. The Labute approximate surface area is 110 Å². The lowest BCUT2D eigenvalue weighted by atomic mass is 9.90. The first-order valence-corrected chi connectivity index (χ1v) is 6.51. The number of carbonyl (C=O) groups excluding carboxylic acids is 1. The van der Waals surface area contributed by atoms with Gasteiger partial charge in [0.25, 0.3) is 0 Å². The molecular weight excluding hydrogens is 224 g/mol. The monoisotopic (exact) mass is 246 g/mol. The Hall–Kier alpha value is -1.41. The van der Waals surface area contributed by atoms with Crippen LogP contribution in [-0.2, 0) is 16.1 Å². The summed E-state index contributed by atoms with van der Waals surface area (Å²) in [5, 5.41) is 0. The van der Waals surface area contributed by atoms with Gasteiger partial charge in [-0.1, -0.05) is 49.8 Å². The summed E-state index contributed by atoms with van der Waals surface area (Å²) >= 11 is 0. The van der Waals surface area contributed by atoms with Crippen molar-refractivity contribution in [2.24, 2.45) is 11.8 Å². The molecule has 98 valence electrons. The summed E-state index contributed by atoms with van der Waals surface area (Å²) in [5.41, 5.74) is 1.15. The molecule has 2 atom stereocenters. The summed E-state index contributed by atoms with van der Waals surface area (Å²) in [6.07, 6.45) is 4.77. The number of carbonyl (C=O) groups is 1. The van der Waals surface area contributed by atoms with E-state index in [0.29, 0.717) is 13.2 Å². The maximum atomic E-state index is 11.0. The van der Waals surface area contributed by atoms with Gasteiger partial charge in [-0.15, -0.1) is 6.58 Å². The first-order valence-electron chi connectivity index (χ1n) is 6.51. The van der Waals surface area contributed by atoms with Gasteiger partial charge in [0, 0.05) is 11.8 Å². The molecule has 0 amide bonds. The second-order valence-electron chi connectivity index (χ2n) is 4.49. The number of rotatable bonds is 9. The molecule has 0 bridgehead atoms. The molecule has 1 aromatic carbocycles. The lowest BCUT2D eigenvalue weighted by Crippen LogP contribution is -2.19. The molecule has 1 rings (SSSR count). The van der Waals surface area contributed by atoms with E-state index in [1.807, 2.05) is 36.4 Å². The van der Waals surface area contributed by atoms with Gasteiger partial charge in [0.05, 0.1) is 13.2 Å². The maximum Gasteiger partial charge on any atom is 0.123 e. The Morgan fingerprint density at radius 2 is 2.00 bits per heavy atom. The van der Waals surface area contributed by atoms with E-state index in [0.717, 1.165) is 24.7 Å². The number of aldehydes is 1. The molecule has 0 aliphatic carbocycles. The van der Waals surface area contributed by atoms with Crippen LogP contribution in [0.4, 0.5) is 0 Å². The average Bonchev–Trinajstić information content (AvgIpc) is 2.43. The second kappa shape index (κ2) is 8.65. The molecule has 18 heavy (non-hydrogen) atoms. The van der Waals surface area contributed by atoms with Crippen molar-refractivity contribution in [1.29, 1.82) is 0 Å². The zero-order valence-corrected chi connectivity index (χ0v) is 11.0. The maximum absolute atomic E-state index is 11.0. The van der Waals surface area contributed by atoms with E-state index in [2.05, 4.69) is 13.5 Å². The summed E-state index contributed by atoms with van der Waals surface area (Å²) in [7, 11) is 0. The van der Waals surface area contributed by atoms with Crippen molar-refractivity contribution in [3.63, 3.8) is 0 Å². The molecule has 0 fully saturated rings. The number of hydrogen-bond donors (Lipinski definition) is 0. The Bertz CT molecular complexity index is 345. The third-order valence-electron chi connectivity index (χ3n) is 3.07. The number of hydrogen-bond acceptors (Lipinski definition) is 2. The van der Waals surface area contributed by atoms with Crippen molar-refractivity contribution in [2.75, 3.05) is 6.61 Å². The van der Waals surface area contributed by atoms with Crippen LogP contribution in [0.5, 0.6) is 0 Å². The SMILES string of the molecule is C=CC(COCc1ccccc1)C(C=O)CCC. The van der Waals surface area contributed by atoms with Gasteiger partial charge in [-0.25, -0.2) is 0 Å². The van der Waals surface area contributed by atoms with Crippen LogP contribution < -0.4 is 0 Å². The molecule has 0 saturated carbocycles. The molecule has 0 aliphatic rings. The van der Waals surface area contributed by atoms with Crippen LogP contribution in [-0.4, -0.2) is 12.9 Å². The minimum Gasteiger partial charge on any atom is -0.376 e. The fourth-order valence-corrected chi connectivity index (χ4v) is 1.97. The predicted molar refractivity (Wildman–Crippen MR) is 74.2 cm³/mol. The smallest absolute Gasteiger partial charge is 0.123 e. The Kier molecular flexibility index (Phi) is 7.04. The molecule has 0 N–H and O–H groups in total. The second-order valence-corrected chi connectivity index (χ2v) is 4.49. The van der Waals surface area contributed by atoms with Crippen molar-refractivity contribution in [3.8, 4) is 0 Å². The topological polar surface area (TPSA) is 26.3 Å². The van der Waals surface area contributed by atoms with Crippen LogP contribution in [0.1, 0.15) is 25.3 Å². The average molecular weight is 246 g/mol. The van der Waals surface area contributed by atoms with E-state index in [4.69, 9.17) is 4.74 Å². The summed E-state index contributed by atoms with van der Waals surface area (Å²) < 4.78 is 5.67. The predicted octanol–water partition coefficient (Wildman–Crippen LogP) is 3.62. The summed E-state index contributed by atoms with van der Waals surface area (Å²) in [6, 6.07) is 10.0. The van der Waals surface area contributed by atoms with Gasteiger partial charge >= 0.3 is 0 Å². The largest absolute Gasteiger partial charge is 0.376 e. The molecule has 2 unspecified atom stereocenters. The summed E-state index contributed by atoms with van der Waals surface area (Å²) in [6.45, 7) is 7.03. The van der Waals surface area contributed by atoms with E-state index in [1.165, 1.54) is 0 Å². The van der Waals surface area contributed by atoms with Crippen LogP contribution in [0.3, 0.4) is 0 Å². The minimum atomic E-state index is 0.0308. The standard InChI is InChI=1S/C16H22O2/c1-3-8-16(11-17)15(4-2)13-18-12-14-9-6-5-7-10-14/h4-7,9-11,15-16H,2-3,8,12-13H2,1H3. The van der Waals surface area contributed by atoms with Crippen LogP contribution in [0.2, 0.25) is 0 Å². The first kappa shape index (κ1) is 14.7. The van der Waals surface area contributed by atoms with Crippen LogP contribution in [0.15, 0.2) is 43.0 Å². The van der Waals surface area contributed by atoms with E-state index in [-0.39, 0.29) is 11.8 Å². The molecule has 2 heteroatoms. The highest BCUT2D eigenvalue weighted by atomic mass is 16.5. The van der Waals surface area contributed by atoms with E-state index in [9.17, 15) is 4.79 Å². The van der Waals surface area contributed by atoms with Crippen LogP contribution in [0.25, 0.3) is 0 Å². The number of ether oxygens (including phenoxy) is 1. The fourth-order valence-electron chi connectivity index (χ4n) is 1.97. The molecule has 0 spiro atoms. The Balaban J connectivity index is 2.39. The van der Waals surface area contributed by atoms with E-state index < -0.39 is 0 Å². The number of benzene rings is 1. The molecule has 1 aromatic rings. The molecular formula is C16H22O2. The van der Waals surface area contributed by atoms with Gasteiger partial charge in [-0.3, -0.25) is 0 Å². The lowest BCUT2D eigenvalue weighted by molar-refractivity contribution is -0.113. The third-order valence-corrected chi connectivity index (χ3v) is 3.07. The lowest BCUT2D eigenvalue weighted by Gasteiger charge is -2.19. The van der Waals surface area contributed by atoms with E-state index >= 15 is 0 Å². The van der Waals surface area contributed by atoms with Gasteiger partial charge < -0.3 is 9.53 Å². The van der Waals surface area contributed by atoms with Crippen molar-refractivity contribution in [1.82, 2.24) is 0 Å². The fraction of sp³-hybridized carbons (Fsp3) is 0.438. The van der Waals surface area contributed by atoms with Crippen molar-refractivity contribution in [3.05, 3.63) is 48.6 Å². The third kappa shape index (κ3) is 4.84. The zero-order chi connectivity index (χ0) is 13.2. The van der Waals surface area contributed by atoms with Crippen molar-refractivity contribution >= 4 is 6.29 Å². The summed E-state index contributed by atoms with van der Waals surface area (Å²) in [4.78, 5) is 11.0. The first-order chi connectivity index (χ1) is 8.81. The van der Waals surface area contributed by atoms with Crippen LogP contribution in [0, 0.1) is 11.8 Å². The zero-order valence-electron chi connectivity index (χ0n) is 11.0. The highest BCUT2D eigenvalue weighted by Crippen LogP contribution is 2.18. The van der Waals surface area contributed by atoms with Gasteiger partial charge in [0.2, 0.25) is 0 Å². The van der Waals surface area contributed by atoms with Crippen LogP contribution >= 0.6 is 0 Å². The normalized spacial score (nSPS) is 13.8. The van der Waals surface area contributed by atoms with Gasteiger partial charge in [0.15, 0.2) is 0 Å². The highest BCUT2D eigenvalue weighted by molar-refractivity contribution is 5.54. The summed E-state index contributed by atoms with van der Waals surface area (Å²) in [5.74, 6) is 0.148. The Morgan fingerprint density at radius 1 is 1.28 bits per heavy atom. The Morgan fingerprint density at radius 3 is 2.56 bits per heavy atom.